The number of hydrogen-bond acceptors (Lipinski definition) is 6. The van der Waals surface area contributed by atoms with Crippen molar-refractivity contribution in [3.63, 3.8) is 0 Å². The van der Waals surface area contributed by atoms with Gasteiger partial charge in [0.05, 0.1) is 11.9 Å². The highest BCUT2D eigenvalue weighted by Gasteiger charge is 2.23. The summed E-state index contributed by atoms with van der Waals surface area (Å²) >= 11 is 0. The van der Waals surface area contributed by atoms with Gasteiger partial charge in [-0.15, -0.1) is 0 Å². The number of aromatic nitrogens is 4. The van der Waals surface area contributed by atoms with Crippen LogP contribution in [0.25, 0.3) is 22.3 Å². The first-order chi connectivity index (χ1) is 16.6. The zero-order valence-corrected chi connectivity index (χ0v) is 18.3. The number of rotatable bonds is 6. The summed E-state index contributed by atoms with van der Waals surface area (Å²) in [7, 11) is 1.60. The number of benzene rings is 2. The SMILES string of the molecule is CC(=O)N(C)CCn1nc(-c2ccc(Oc3c(F)c(F)cc(F)c3F)cc2F)c2c(N)ncnc21. The average molecular weight is 492 g/mol. The van der Waals surface area contributed by atoms with Crippen LogP contribution in [0.4, 0.5) is 27.8 Å². The van der Waals surface area contributed by atoms with E-state index in [1.165, 1.54) is 28.9 Å². The number of amides is 1. The van der Waals surface area contributed by atoms with Crippen molar-refractivity contribution in [2.75, 3.05) is 19.3 Å². The van der Waals surface area contributed by atoms with Gasteiger partial charge < -0.3 is 15.4 Å². The van der Waals surface area contributed by atoms with Crippen molar-refractivity contribution in [1.29, 1.82) is 0 Å². The van der Waals surface area contributed by atoms with Gasteiger partial charge in [-0.25, -0.2) is 27.8 Å². The molecule has 1 amide bonds. The minimum absolute atomic E-state index is 0.0234. The van der Waals surface area contributed by atoms with E-state index in [-0.39, 0.29) is 47.5 Å². The topological polar surface area (TPSA) is 99.2 Å². The lowest BCUT2D eigenvalue weighted by molar-refractivity contribution is -0.127. The molecule has 0 aliphatic rings. The van der Waals surface area contributed by atoms with Crippen LogP contribution in [0.3, 0.4) is 0 Å². The van der Waals surface area contributed by atoms with Crippen molar-refractivity contribution in [2.45, 2.75) is 13.5 Å². The van der Waals surface area contributed by atoms with E-state index in [0.717, 1.165) is 12.1 Å². The molecule has 0 unspecified atom stereocenters. The number of halogens is 5. The fourth-order valence-electron chi connectivity index (χ4n) is 3.29. The summed E-state index contributed by atoms with van der Waals surface area (Å²) in [6.45, 7) is 1.91. The van der Waals surface area contributed by atoms with E-state index < -0.39 is 40.6 Å². The number of carbonyl (C=O) groups is 1. The lowest BCUT2D eigenvalue weighted by Crippen LogP contribution is -2.28. The number of likely N-dealkylation sites (N-methyl/N-ethyl adjacent to an activating group) is 1. The first-order valence-electron chi connectivity index (χ1n) is 10.1. The Morgan fingerprint density at radius 1 is 1.06 bits per heavy atom. The monoisotopic (exact) mass is 492 g/mol. The molecule has 4 aromatic rings. The van der Waals surface area contributed by atoms with Crippen LogP contribution in [0.5, 0.6) is 11.5 Å². The molecule has 35 heavy (non-hydrogen) atoms. The average Bonchev–Trinajstić information content (AvgIpc) is 3.18. The molecule has 0 aliphatic heterocycles. The van der Waals surface area contributed by atoms with Crippen LogP contribution in [0.15, 0.2) is 30.6 Å². The molecule has 0 radical (unpaired) electrons. The molecule has 0 saturated carbocycles. The molecule has 182 valence electrons. The van der Waals surface area contributed by atoms with Gasteiger partial charge in [0.1, 0.15) is 29.4 Å². The molecule has 2 heterocycles. The summed E-state index contributed by atoms with van der Waals surface area (Å²) < 4.78 is 76.1. The Labute approximate surface area is 194 Å². The second-order valence-corrected chi connectivity index (χ2v) is 7.51. The maximum atomic E-state index is 15.1. The standard InChI is InChI=1S/C22H17F5N6O2/c1-10(34)32(2)5-6-33-22-16(21(28)29-9-30-22)19(31-33)12-4-3-11(7-13(12)23)35-20-17(26)14(24)8-15(25)18(20)27/h3-4,7-9H,5-6H2,1-2H3,(H2,28,29,30). The Morgan fingerprint density at radius 2 is 1.74 bits per heavy atom. The van der Waals surface area contributed by atoms with Crippen molar-refractivity contribution in [3.05, 3.63) is 59.7 Å². The minimum Gasteiger partial charge on any atom is -0.451 e. The van der Waals surface area contributed by atoms with Gasteiger partial charge in [-0.1, -0.05) is 0 Å². The van der Waals surface area contributed by atoms with Crippen molar-refractivity contribution in [2.24, 2.45) is 0 Å². The van der Waals surface area contributed by atoms with E-state index in [0.29, 0.717) is 5.65 Å². The molecule has 0 saturated heterocycles. The Balaban J connectivity index is 1.73. The smallest absolute Gasteiger partial charge is 0.219 e. The van der Waals surface area contributed by atoms with E-state index in [2.05, 4.69) is 15.1 Å². The van der Waals surface area contributed by atoms with Gasteiger partial charge >= 0.3 is 0 Å². The van der Waals surface area contributed by atoms with Crippen molar-refractivity contribution >= 4 is 22.8 Å². The second kappa shape index (κ2) is 9.16. The molecule has 13 heteroatoms. The zero-order chi connectivity index (χ0) is 25.4. The number of carbonyl (C=O) groups excluding carboxylic acids is 1. The number of hydrogen-bond donors (Lipinski definition) is 1. The number of nitrogen functional groups attached to an aromatic ring is 1. The molecular weight excluding hydrogens is 475 g/mol. The summed E-state index contributed by atoms with van der Waals surface area (Å²) in [6, 6.07) is 3.12. The van der Waals surface area contributed by atoms with Gasteiger partial charge in [-0.3, -0.25) is 4.79 Å². The minimum atomic E-state index is -1.77. The highest BCUT2D eigenvalue weighted by Crippen LogP contribution is 2.35. The largest absolute Gasteiger partial charge is 0.451 e. The van der Waals surface area contributed by atoms with Crippen LogP contribution in [0, 0.1) is 29.1 Å². The molecular formula is C22H17F5N6O2. The first-order valence-corrected chi connectivity index (χ1v) is 10.1. The van der Waals surface area contributed by atoms with Gasteiger partial charge in [0.2, 0.25) is 23.3 Å². The zero-order valence-electron chi connectivity index (χ0n) is 18.3. The van der Waals surface area contributed by atoms with Gasteiger partial charge in [0.15, 0.2) is 17.3 Å². The van der Waals surface area contributed by atoms with Gasteiger partial charge in [0.25, 0.3) is 0 Å². The molecule has 0 bridgehead atoms. The Morgan fingerprint density at radius 3 is 2.37 bits per heavy atom. The van der Waals surface area contributed by atoms with Gasteiger partial charge in [-0.05, 0) is 12.1 Å². The third-order valence-corrected chi connectivity index (χ3v) is 5.23. The summed E-state index contributed by atoms with van der Waals surface area (Å²) in [5.41, 5.74) is 6.28. The molecule has 0 fully saturated rings. The summed E-state index contributed by atoms with van der Waals surface area (Å²) in [5, 5.41) is 4.62. The number of anilines is 1. The van der Waals surface area contributed by atoms with Crippen LogP contribution in [-0.4, -0.2) is 44.1 Å². The van der Waals surface area contributed by atoms with E-state index in [9.17, 15) is 22.4 Å². The lowest BCUT2D eigenvalue weighted by atomic mass is 10.1. The predicted molar refractivity (Wildman–Crippen MR) is 115 cm³/mol. The van der Waals surface area contributed by atoms with Crippen LogP contribution in [0.1, 0.15) is 6.92 Å². The second-order valence-electron chi connectivity index (χ2n) is 7.51. The fraction of sp³-hybridized carbons (Fsp3) is 0.182. The first kappa shape index (κ1) is 23.9. The van der Waals surface area contributed by atoms with E-state index in [4.69, 9.17) is 10.5 Å². The number of ether oxygens (including phenoxy) is 1. The summed E-state index contributed by atoms with van der Waals surface area (Å²) in [4.78, 5) is 21.0. The fourth-order valence-corrected chi connectivity index (χ4v) is 3.29. The Bertz CT molecular complexity index is 1430. The van der Waals surface area contributed by atoms with Crippen LogP contribution in [-0.2, 0) is 11.3 Å². The number of fused-ring (bicyclic) bond motifs is 1. The van der Waals surface area contributed by atoms with Crippen molar-refractivity contribution in [1.82, 2.24) is 24.6 Å². The summed E-state index contributed by atoms with van der Waals surface area (Å²) in [6.07, 6.45) is 1.21. The molecule has 0 spiro atoms. The van der Waals surface area contributed by atoms with E-state index in [1.54, 1.807) is 7.05 Å². The van der Waals surface area contributed by atoms with Crippen LogP contribution >= 0.6 is 0 Å². The number of nitrogens with two attached hydrogens (primary N) is 1. The van der Waals surface area contributed by atoms with E-state index in [1.807, 2.05) is 0 Å². The van der Waals surface area contributed by atoms with Gasteiger partial charge in [-0.2, -0.15) is 13.9 Å². The third kappa shape index (κ3) is 4.44. The maximum Gasteiger partial charge on any atom is 0.219 e. The lowest BCUT2D eigenvalue weighted by Gasteiger charge is -2.14. The molecule has 2 N–H and O–H groups in total. The summed E-state index contributed by atoms with van der Waals surface area (Å²) in [5.74, 6) is -9.72. The molecule has 8 nitrogen and oxygen atoms in total. The van der Waals surface area contributed by atoms with Crippen molar-refractivity contribution < 1.29 is 31.5 Å². The Hall–Kier alpha value is -4.29. The quantitative estimate of drug-likeness (QED) is 0.322. The molecule has 2 aromatic carbocycles. The predicted octanol–water partition coefficient (Wildman–Crippen LogP) is 4.04. The van der Waals surface area contributed by atoms with Gasteiger partial charge in [0, 0.05) is 38.2 Å². The highest BCUT2D eigenvalue weighted by atomic mass is 19.2. The van der Waals surface area contributed by atoms with Crippen LogP contribution < -0.4 is 10.5 Å². The van der Waals surface area contributed by atoms with Crippen molar-refractivity contribution in [3.8, 4) is 22.8 Å². The normalized spacial score (nSPS) is 11.2. The Kier molecular flexibility index (Phi) is 6.24. The molecule has 0 atom stereocenters. The van der Waals surface area contributed by atoms with Crippen LogP contribution in [0.2, 0.25) is 0 Å². The highest BCUT2D eigenvalue weighted by molar-refractivity contribution is 5.98. The van der Waals surface area contributed by atoms with E-state index >= 15 is 4.39 Å². The maximum absolute atomic E-state index is 15.1. The molecule has 0 aliphatic carbocycles. The molecule has 2 aromatic heterocycles. The third-order valence-electron chi connectivity index (χ3n) is 5.23. The number of nitrogens with zero attached hydrogens (tertiary/aromatic N) is 5. The molecule has 4 rings (SSSR count).